The Labute approximate surface area is 115 Å². The molecule has 0 bridgehead atoms. The second-order valence-electron chi connectivity index (χ2n) is 4.33. The van der Waals surface area contributed by atoms with Crippen molar-refractivity contribution in [2.75, 3.05) is 17.7 Å². The molecule has 2 aromatic rings. The lowest BCUT2D eigenvalue weighted by Gasteiger charge is -2.19. The number of pyridine rings is 1. The van der Waals surface area contributed by atoms with Gasteiger partial charge in [0.05, 0.1) is 11.6 Å². The number of aromatic nitrogens is 1. The lowest BCUT2D eigenvalue weighted by molar-refractivity contribution is 0.574. The van der Waals surface area contributed by atoms with Gasteiger partial charge in [0.1, 0.15) is 0 Å². The van der Waals surface area contributed by atoms with Crippen LogP contribution in [-0.4, -0.2) is 12.0 Å². The summed E-state index contributed by atoms with van der Waals surface area (Å²) in [6, 6.07) is 9.66. The summed E-state index contributed by atoms with van der Waals surface area (Å²) < 4.78 is 26.7. The van der Waals surface area contributed by atoms with E-state index in [4.69, 9.17) is 11.0 Å². The van der Waals surface area contributed by atoms with Gasteiger partial charge in [-0.1, -0.05) is 12.1 Å². The van der Waals surface area contributed by atoms with Gasteiger partial charge in [0.15, 0.2) is 23.3 Å². The van der Waals surface area contributed by atoms with Gasteiger partial charge in [0.2, 0.25) is 0 Å². The molecule has 102 valence electrons. The van der Waals surface area contributed by atoms with Gasteiger partial charge in [-0.25, -0.2) is 13.8 Å². The number of nitrogen functional groups attached to an aromatic ring is 1. The molecule has 1 aromatic heterocycles. The first-order chi connectivity index (χ1) is 9.51. The highest BCUT2D eigenvalue weighted by atomic mass is 19.1. The minimum Gasteiger partial charge on any atom is -0.381 e. The predicted octanol–water partition coefficient (Wildman–Crippen LogP) is 2.45. The molecule has 6 heteroatoms. The number of halogens is 2. The molecule has 0 aliphatic heterocycles. The molecule has 1 heterocycles. The molecular formula is C14H12F2N4. The molecule has 1 aromatic carbocycles. The third-order valence-electron chi connectivity index (χ3n) is 2.78. The first-order valence-electron chi connectivity index (χ1n) is 5.83. The van der Waals surface area contributed by atoms with Crippen molar-refractivity contribution in [3.63, 3.8) is 0 Å². The van der Waals surface area contributed by atoms with E-state index in [1.54, 1.807) is 25.2 Å². The smallest absolute Gasteiger partial charge is 0.168 e. The Hall–Kier alpha value is -2.68. The molecule has 0 spiro atoms. The molecule has 0 amide bonds. The van der Waals surface area contributed by atoms with E-state index in [-0.39, 0.29) is 11.6 Å². The highest BCUT2D eigenvalue weighted by Gasteiger charge is 2.14. The fraction of sp³-hybridized carbons (Fsp3) is 0.143. The second kappa shape index (κ2) is 5.53. The fourth-order valence-corrected chi connectivity index (χ4v) is 1.83. The van der Waals surface area contributed by atoms with E-state index < -0.39 is 11.6 Å². The molecule has 0 atom stereocenters. The summed E-state index contributed by atoms with van der Waals surface area (Å²) in [4.78, 5) is 5.20. The van der Waals surface area contributed by atoms with Gasteiger partial charge in [-0.05, 0) is 17.7 Å². The largest absolute Gasteiger partial charge is 0.381 e. The third kappa shape index (κ3) is 2.83. The Balaban J connectivity index is 2.26. The normalized spacial score (nSPS) is 10.1. The minimum atomic E-state index is -0.883. The molecular weight excluding hydrogens is 262 g/mol. The van der Waals surface area contributed by atoms with Crippen LogP contribution in [-0.2, 0) is 6.54 Å². The van der Waals surface area contributed by atoms with Crippen molar-refractivity contribution in [1.29, 1.82) is 5.26 Å². The van der Waals surface area contributed by atoms with Crippen LogP contribution in [0.15, 0.2) is 30.3 Å². The standard InChI is InChI=1S/C14H12F2N4/c1-20(8-10-4-2-3-9(5-10)7-17)14-12(16)6-11(15)13(18)19-14/h2-6H,8H2,1H3,(H2,18,19). The summed E-state index contributed by atoms with van der Waals surface area (Å²) in [5, 5.41) is 8.83. The van der Waals surface area contributed by atoms with Crippen molar-refractivity contribution in [1.82, 2.24) is 4.98 Å². The molecule has 0 aliphatic rings. The highest BCUT2D eigenvalue weighted by Crippen LogP contribution is 2.21. The van der Waals surface area contributed by atoms with Crippen LogP contribution >= 0.6 is 0 Å². The van der Waals surface area contributed by atoms with E-state index in [0.717, 1.165) is 5.56 Å². The number of rotatable bonds is 3. The summed E-state index contributed by atoms with van der Waals surface area (Å²) in [5.41, 5.74) is 6.68. The van der Waals surface area contributed by atoms with Crippen LogP contribution in [0.4, 0.5) is 20.4 Å². The summed E-state index contributed by atoms with van der Waals surface area (Å²) in [6.45, 7) is 0.324. The number of hydrogen-bond donors (Lipinski definition) is 1. The Morgan fingerprint density at radius 3 is 2.75 bits per heavy atom. The third-order valence-corrected chi connectivity index (χ3v) is 2.78. The lowest BCUT2D eigenvalue weighted by Crippen LogP contribution is -2.20. The van der Waals surface area contributed by atoms with Crippen molar-refractivity contribution in [3.8, 4) is 6.07 Å². The van der Waals surface area contributed by atoms with Crippen molar-refractivity contribution >= 4 is 11.6 Å². The minimum absolute atomic E-state index is 0.0359. The van der Waals surface area contributed by atoms with Crippen molar-refractivity contribution in [3.05, 3.63) is 53.1 Å². The van der Waals surface area contributed by atoms with Gasteiger partial charge >= 0.3 is 0 Å². The number of nitrogens with zero attached hydrogens (tertiary/aromatic N) is 3. The molecule has 0 saturated carbocycles. The molecule has 2 N–H and O–H groups in total. The first kappa shape index (κ1) is 13.7. The maximum atomic E-state index is 13.7. The fourth-order valence-electron chi connectivity index (χ4n) is 1.83. The van der Waals surface area contributed by atoms with E-state index in [9.17, 15) is 8.78 Å². The van der Waals surface area contributed by atoms with E-state index >= 15 is 0 Å². The Morgan fingerprint density at radius 2 is 2.05 bits per heavy atom. The maximum Gasteiger partial charge on any atom is 0.168 e. The number of anilines is 2. The predicted molar refractivity (Wildman–Crippen MR) is 71.8 cm³/mol. The summed E-state index contributed by atoms with van der Waals surface area (Å²) in [7, 11) is 1.61. The van der Waals surface area contributed by atoms with E-state index in [1.807, 2.05) is 12.1 Å². The number of nitrogens with two attached hydrogens (primary N) is 1. The topological polar surface area (TPSA) is 65.9 Å². The van der Waals surface area contributed by atoms with Crippen molar-refractivity contribution in [2.24, 2.45) is 0 Å². The van der Waals surface area contributed by atoms with Crippen LogP contribution in [0.5, 0.6) is 0 Å². The Bertz CT molecular complexity index is 679. The summed E-state index contributed by atoms with van der Waals surface area (Å²) in [5.74, 6) is -2.05. The van der Waals surface area contributed by atoms with Gasteiger partial charge in [-0.2, -0.15) is 5.26 Å². The molecule has 4 nitrogen and oxygen atoms in total. The highest BCUT2D eigenvalue weighted by molar-refractivity contribution is 5.47. The van der Waals surface area contributed by atoms with Gasteiger partial charge in [0.25, 0.3) is 0 Å². The van der Waals surface area contributed by atoms with Crippen LogP contribution < -0.4 is 10.6 Å². The quantitative estimate of drug-likeness (QED) is 0.933. The van der Waals surface area contributed by atoms with Crippen molar-refractivity contribution < 1.29 is 8.78 Å². The van der Waals surface area contributed by atoms with Crippen LogP contribution in [0.3, 0.4) is 0 Å². The average Bonchev–Trinajstić information content (AvgIpc) is 2.43. The summed E-state index contributed by atoms with van der Waals surface area (Å²) in [6.07, 6.45) is 0. The van der Waals surface area contributed by atoms with Crippen LogP contribution in [0.25, 0.3) is 0 Å². The molecule has 0 saturated heterocycles. The lowest BCUT2D eigenvalue weighted by atomic mass is 10.1. The van der Waals surface area contributed by atoms with Gasteiger partial charge in [-0.15, -0.1) is 0 Å². The molecule has 0 fully saturated rings. The monoisotopic (exact) mass is 274 g/mol. The van der Waals surface area contributed by atoms with Gasteiger partial charge in [-0.3, -0.25) is 0 Å². The van der Waals surface area contributed by atoms with E-state index in [2.05, 4.69) is 4.98 Å². The van der Waals surface area contributed by atoms with E-state index in [1.165, 1.54) is 4.90 Å². The number of nitriles is 1. The molecule has 0 aliphatic carbocycles. The Kier molecular flexibility index (Phi) is 3.80. The molecule has 2 rings (SSSR count). The van der Waals surface area contributed by atoms with Gasteiger partial charge in [0, 0.05) is 19.7 Å². The molecule has 0 unspecified atom stereocenters. The van der Waals surface area contributed by atoms with Crippen LogP contribution in [0.2, 0.25) is 0 Å². The average molecular weight is 274 g/mol. The van der Waals surface area contributed by atoms with Crippen molar-refractivity contribution in [2.45, 2.75) is 6.54 Å². The SMILES string of the molecule is CN(Cc1cccc(C#N)c1)c1nc(N)c(F)cc1F. The zero-order valence-electron chi connectivity index (χ0n) is 10.8. The molecule has 0 radical (unpaired) electrons. The Morgan fingerprint density at radius 1 is 1.30 bits per heavy atom. The second-order valence-corrected chi connectivity index (χ2v) is 4.33. The number of benzene rings is 1. The maximum absolute atomic E-state index is 13.7. The summed E-state index contributed by atoms with van der Waals surface area (Å²) >= 11 is 0. The first-order valence-corrected chi connectivity index (χ1v) is 5.83. The van der Waals surface area contributed by atoms with Crippen LogP contribution in [0, 0.1) is 23.0 Å². The van der Waals surface area contributed by atoms with Gasteiger partial charge < -0.3 is 10.6 Å². The van der Waals surface area contributed by atoms with E-state index in [0.29, 0.717) is 18.2 Å². The number of hydrogen-bond acceptors (Lipinski definition) is 4. The zero-order valence-corrected chi connectivity index (χ0v) is 10.8. The molecule has 20 heavy (non-hydrogen) atoms. The zero-order chi connectivity index (χ0) is 14.7. The van der Waals surface area contributed by atoms with Crippen LogP contribution in [0.1, 0.15) is 11.1 Å².